The highest BCUT2D eigenvalue weighted by molar-refractivity contribution is 6.19. The van der Waals surface area contributed by atoms with E-state index < -0.39 is 0 Å². The van der Waals surface area contributed by atoms with Gasteiger partial charge in [0.2, 0.25) is 0 Å². The number of para-hydroxylation sites is 1. The third kappa shape index (κ3) is 6.49. The Kier molecular flexibility index (Phi) is 7.35. The minimum absolute atomic E-state index is 0.226. The molecule has 19 heavy (non-hydrogen) atoms. The van der Waals surface area contributed by atoms with Gasteiger partial charge < -0.3 is 9.31 Å². The lowest BCUT2D eigenvalue weighted by atomic mass is 9.97. The lowest BCUT2D eigenvalue weighted by Crippen LogP contribution is -2.25. The standard InChI is InChI=1S/C16H25BO2/c1-5-14(4)16(12-11-13(2)3)19-17-18-15-9-7-6-8-10-15/h6-11,14,16-17H,5,12H2,1-4H3/t14-,16?/m0/s1. The zero-order chi connectivity index (χ0) is 14.1. The highest BCUT2D eigenvalue weighted by Crippen LogP contribution is 2.17. The summed E-state index contributed by atoms with van der Waals surface area (Å²) >= 11 is 0. The van der Waals surface area contributed by atoms with Gasteiger partial charge in [-0.3, -0.25) is 0 Å². The van der Waals surface area contributed by atoms with Crippen molar-refractivity contribution in [3.63, 3.8) is 0 Å². The van der Waals surface area contributed by atoms with Crippen LogP contribution in [0.3, 0.4) is 0 Å². The normalized spacial score (nSPS) is 13.5. The summed E-state index contributed by atoms with van der Waals surface area (Å²) in [5.41, 5.74) is 1.33. The monoisotopic (exact) mass is 260 g/mol. The second kappa shape index (κ2) is 8.81. The SMILES string of the molecule is CC[C@H](C)C(CC=C(C)C)OBOc1ccccc1. The Labute approximate surface area is 118 Å². The van der Waals surface area contributed by atoms with E-state index in [2.05, 4.69) is 33.8 Å². The van der Waals surface area contributed by atoms with Gasteiger partial charge in [0.15, 0.2) is 0 Å². The van der Waals surface area contributed by atoms with Gasteiger partial charge in [0.25, 0.3) is 0 Å². The first-order chi connectivity index (χ1) is 9.13. The van der Waals surface area contributed by atoms with Crippen molar-refractivity contribution in [3.8, 4) is 5.75 Å². The van der Waals surface area contributed by atoms with Crippen LogP contribution in [-0.4, -0.2) is 13.8 Å². The number of hydrogen-bond acceptors (Lipinski definition) is 2. The number of benzene rings is 1. The Morgan fingerprint density at radius 1 is 1.26 bits per heavy atom. The van der Waals surface area contributed by atoms with Crippen molar-refractivity contribution in [2.45, 2.75) is 46.6 Å². The molecule has 1 rings (SSSR count). The van der Waals surface area contributed by atoms with Gasteiger partial charge >= 0.3 is 7.69 Å². The van der Waals surface area contributed by atoms with Gasteiger partial charge in [-0.1, -0.05) is 50.1 Å². The molecule has 0 radical (unpaired) electrons. The van der Waals surface area contributed by atoms with Crippen LogP contribution >= 0.6 is 0 Å². The summed E-state index contributed by atoms with van der Waals surface area (Å²) in [6.07, 6.45) is 4.53. The Balaban J connectivity index is 2.42. The molecule has 0 saturated carbocycles. The average molecular weight is 260 g/mol. The zero-order valence-electron chi connectivity index (χ0n) is 12.6. The molecule has 0 saturated heterocycles. The third-order valence-electron chi connectivity index (χ3n) is 3.29. The summed E-state index contributed by atoms with van der Waals surface area (Å²) in [6, 6.07) is 9.79. The Hall–Kier alpha value is -1.22. The molecule has 0 aromatic heterocycles. The fraction of sp³-hybridized carbons (Fsp3) is 0.500. The van der Waals surface area contributed by atoms with Crippen LogP contribution in [0, 0.1) is 5.92 Å². The average Bonchev–Trinajstić information content (AvgIpc) is 2.42. The molecule has 0 fully saturated rings. The largest absolute Gasteiger partial charge is 0.539 e. The molecule has 0 aliphatic rings. The highest BCUT2D eigenvalue weighted by Gasteiger charge is 2.16. The minimum atomic E-state index is 0.226. The van der Waals surface area contributed by atoms with Crippen LogP contribution in [0.25, 0.3) is 0 Å². The van der Waals surface area contributed by atoms with E-state index in [-0.39, 0.29) is 6.10 Å². The second-order valence-corrected chi connectivity index (χ2v) is 5.18. The van der Waals surface area contributed by atoms with Gasteiger partial charge in [0, 0.05) is 6.10 Å². The Morgan fingerprint density at radius 3 is 2.53 bits per heavy atom. The first-order valence-electron chi connectivity index (χ1n) is 7.06. The molecule has 0 amide bonds. The van der Waals surface area contributed by atoms with Crippen LogP contribution in [0.2, 0.25) is 0 Å². The second-order valence-electron chi connectivity index (χ2n) is 5.18. The molecule has 0 heterocycles. The van der Waals surface area contributed by atoms with Crippen molar-refractivity contribution < 1.29 is 9.31 Å². The summed E-state index contributed by atoms with van der Waals surface area (Å²) in [6.45, 7) is 8.66. The quantitative estimate of drug-likeness (QED) is 0.517. The summed E-state index contributed by atoms with van der Waals surface area (Å²) < 4.78 is 11.5. The van der Waals surface area contributed by atoms with Crippen LogP contribution in [-0.2, 0) is 4.65 Å². The lowest BCUT2D eigenvalue weighted by molar-refractivity contribution is 0.131. The van der Waals surface area contributed by atoms with E-state index in [1.807, 2.05) is 30.3 Å². The van der Waals surface area contributed by atoms with Crippen LogP contribution in [0.15, 0.2) is 42.0 Å². The molecule has 2 atom stereocenters. The van der Waals surface area contributed by atoms with Crippen molar-refractivity contribution in [1.29, 1.82) is 0 Å². The first-order valence-corrected chi connectivity index (χ1v) is 7.06. The minimum Gasteiger partial charge on any atom is -0.539 e. The predicted octanol–water partition coefficient (Wildman–Crippen LogP) is 4.12. The van der Waals surface area contributed by atoms with E-state index in [1.54, 1.807) is 0 Å². The van der Waals surface area contributed by atoms with Gasteiger partial charge in [-0.15, -0.1) is 0 Å². The van der Waals surface area contributed by atoms with E-state index in [4.69, 9.17) is 9.31 Å². The molecule has 104 valence electrons. The molecule has 1 unspecified atom stereocenters. The molecule has 2 nitrogen and oxygen atoms in total. The van der Waals surface area contributed by atoms with E-state index in [9.17, 15) is 0 Å². The molecule has 0 aliphatic carbocycles. The molecule has 0 aliphatic heterocycles. The highest BCUT2D eigenvalue weighted by atomic mass is 16.6. The van der Waals surface area contributed by atoms with Gasteiger partial charge in [0.05, 0.1) is 0 Å². The fourth-order valence-corrected chi connectivity index (χ4v) is 1.79. The topological polar surface area (TPSA) is 18.5 Å². The molecular formula is C16H25BO2. The summed E-state index contributed by atoms with van der Waals surface area (Å²) in [7, 11) is 0.315. The summed E-state index contributed by atoms with van der Waals surface area (Å²) in [5, 5.41) is 0. The van der Waals surface area contributed by atoms with Gasteiger partial charge in [-0.25, -0.2) is 0 Å². The molecule has 1 aromatic carbocycles. The zero-order valence-corrected chi connectivity index (χ0v) is 12.6. The van der Waals surface area contributed by atoms with E-state index in [0.29, 0.717) is 13.6 Å². The van der Waals surface area contributed by atoms with Crippen molar-refractivity contribution in [2.75, 3.05) is 0 Å². The van der Waals surface area contributed by atoms with Crippen molar-refractivity contribution in [2.24, 2.45) is 5.92 Å². The van der Waals surface area contributed by atoms with Crippen LogP contribution in [0.4, 0.5) is 0 Å². The number of rotatable bonds is 8. The molecule has 0 spiro atoms. The smallest absolute Gasteiger partial charge is 0.507 e. The molecule has 3 heteroatoms. The first kappa shape index (κ1) is 15.8. The number of allylic oxidation sites excluding steroid dienone is 1. The summed E-state index contributed by atoms with van der Waals surface area (Å²) in [5.74, 6) is 1.39. The Bertz CT molecular complexity index is 372. The molecular weight excluding hydrogens is 235 g/mol. The third-order valence-corrected chi connectivity index (χ3v) is 3.29. The molecule has 0 N–H and O–H groups in total. The lowest BCUT2D eigenvalue weighted by Gasteiger charge is -2.22. The predicted molar refractivity (Wildman–Crippen MR) is 82.6 cm³/mol. The van der Waals surface area contributed by atoms with Crippen LogP contribution in [0.5, 0.6) is 5.75 Å². The maximum absolute atomic E-state index is 5.88. The summed E-state index contributed by atoms with van der Waals surface area (Å²) in [4.78, 5) is 0. The van der Waals surface area contributed by atoms with Crippen molar-refractivity contribution >= 4 is 7.69 Å². The molecule has 0 bridgehead atoms. The fourth-order valence-electron chi connectivity index (χ4n) is 1.79. The number of hydrogen-bond donors (Lipinski definition) is 0. The van der Waals surface area contributed by atoms with Crippen molar-refractivity contribution in [1.82, 2.24) is 0 Å². The Morgan fingerprint density at radius 2 is 1.95 bits per heavy atom. The van der Waals surface area contributed by atoms with Gasteiger partial charge in [-0.2, -0.15) is 0 Å². The van der Waals surface area contributed by atoms with Crippen LogP contribution in [0.1, 0.15) is 40.5 Å². The van der Waals surface area contributed by atoms with Gasteiger partial charge in [0.1, 0.15) is 5.75 Å². The van der Waals surface area contributed by atoms with Crippen molar-refractivity contribution in [3.05, 3.63) is 42.0 Å². The van der Waals surface area contributed by atoms with E-state index >= 15 is 0 Å². The maximum atomic E-state index is 5.88. The molecule has 1 aromatic rings. The van der Waals surface area contributed by atoms with E-state index in [1.165, 1.54) is 5.57 Å². The maximum Gasteiger partial charge on any atom is 0.507 e. The van der Waals surface area contributed by atoms with E-state index in [0.717, 1.165) is 18.6 Å². The van der Waals surface area contributed by atoms with Crippen LogP contribution < -0.4 is 4.65 Å². The van der Waals surface area contributed by atoms with Gasteiger partial charge in [-0.05, 0) is 38.3 Å².